The largest absolute Gasteiger partial charge is 0.397 e. The van der Waals surface area contributed by atoms with Crippen LogP contribution in [-0.2, 0) is 10.0 Å². The molecule has 0 aliphatic rings. The number of nitrogens with two attached hydrogens (primary N) is 1. The number of halogens is 2. The molecule has 0 aliphatic carbocycles. The molecule has 0 bridgehead atoms. The van der Waals surface area contributed by atoms with E-state index in [1.807, 2.05) is 0 Å². The number of nitrogen functional groups attached to an aromatic ring is 1. The van der Waals surface area contributed by atoms with E-state index < -0.39 is 21.1 Å². The zero-order valence-corrected chi connectivity index (χ0v) is 12.4. The number of hydrogen-bond donors (Lipinski definition) is 1. The molecule has 0 saturated carbocycles. The molecule has 5 nitrogen and oxygen atoms in total. The minimum absolute atomic E-state index is 0.120. The average molecular weight is 318 g/mol. The normalized spacial score (nSPS) is 12.1. The molecule has 0 radical (unpaired) electrons. The molecular weight excluding hydrogens is 305 g/mol. The molecule has 0 unspecified atom stereocenters. The van der Waals surface area contributed by atoms with Gasteiger partial charge in [0.25, 0.3) is 10.0 Å². The summed E-state index contributed by atoms with van der Waals surface area (Å²) in [6.07, 6.45) is 2.52. The Hall–Kier alpha value is -1.60. The van der Waals surface area contributed by atoms with E-state index in [9.17, 15) is 12.8 Å². The predicted molar refractivity (Wildman–Crippen MR) is 76.5 cm³/mol. The van der Waals surface area contributed by atoms with E-state index in [-0.39, 0.29) is 16.3 Å². The Bertz CT molecular complexity index is 756. The van der Waals surface area contributed by atoms with Crippen molar-refractivity contribution >= 4 is 27.3 Å². The van der Waals surface area contributed by atoms with E-state index in [4.69, 9.17) is 17.3 Å². The van der Waals surface area contributed by atoms with Crippen LogP contribution in [0.5, 0.6) is 0 Å². The second-order valence-electron chi connectivity index (χ2n) is 4.55. The van der Waals surface area contributed by atoms with Gasteiger partial charge in [0.05, 0.1) is 28.4 Å². The van der Waals surface area contributed by atoms with E-state index in [1.54, 1.807) is 0 Å². The number of anilines is 1. The highest BCUT2D eigenvalue weighted by Gasteiger charge is 2.20. The van der Waals surface area contributed by atoms with Gasteiger partial charge in [-0.15, -0.1) is 0 Å². The molecule has 20 heavy (non-hydrogen) atoms. The zero-order valence-electron chi connectivity index (χ0n) is 10.8. The third-order valence-corrected chi connectivity index (χ3v) is 5.05. The fourth-order valence-corrected chi connectivity index (χ4v) is 2.62. The van der Waals surface area contributed by atoms with Crippen LogP contribution >= 0.6 is 11.6 Å². The summed E-state index contributed by atoms with van der Waals surface area (Å²) in [5.74, 6) is -0.589. The molecule has 1 aromatic carbocycles. The first-order valence-electron chi connectivity index (χ1n) is 5.77. The number of aromatic nitrogens is 2. The molecule has 0 spiro atoms. The molecule has 1 aromatic heterocycles. The highest BCUT2D eigenvalue weighted by atomic mass is 35.5. The van der Waals surface area contributed by atoms with Gasteiger partial charge in [-0.3, -0.25) is 0 Å². The van der Waals surface area contributed by atoms with Crippen LogP contribution in [0.2, 0.25) is 5.02 Å². The molecule has 2 aromatic rings. The third kappa shape index (κ3) is 2.51. The maximum absolute atomic E-state index is 13.9. The van der Waals surface area contributed by atoms with Crippen molar-refractivity contribution in [1.29, 1.82) is 0 Å². The first-order chi connectivity index (χ1) is 9.23. The number of nitrogens with zero attached hydrogens (tertiary/aromatic N) is 2. The fraction of sp³-hybridized carbons (Fsp3) is 0.250. The van der Waals surface area contributed by atoms with Crippen molar-refractivity contribution in [1.82, 2.24) is 9.19 Å². The van der Waals surface area contributed by atoms with Crippen LogP contribution in [0.25, 0.3) is 11.1 Å². The van der Waals surface area contributed by atoms with Crippen molar-refractivity contribution in [3.8, 4) is 11.1 Å². The van der Waals surface area contributed by atoms with Gasteiger partial charge in [-0.05, 0) is 26.0 Å². The van der Waals surface area contributed by atoms with Crippen LogP contribution in [0, 0.1) is 5.82 Å². The molecule has 108 valence electrons. The van der Waals surface area contributed by atoms with E-state index in [1.165, 1.54) is 32.3 Å². The van der Waals surface area contributed by atoms with Gasteiger partial charge in [-0.25, -0.2) is 12.8 Å². The van der Waals surface area contributed by atoms with Crippen LogP contribution in [0.4, 0.5) is 10.1 Å². The van der Waals surface area contributed by atoms with Crippen LogP contribution in [0.3, 0.4) is 0 Å². The molecule has 0 saturated heterocycles. The van der Waals surface area contributed by atoms with Crippen molar-refractivity contribution in [2.45, 2.75) is 19.1 Å². The standard InChI is InChI=1S/C12H13ClFN3O2S/c1-7(2)20(18,19)17-6-8(5-16-17)9-3-10(13)12(15)4-11(9)14/h3-7H,15H2,1-2H3. The minimum atomic E-state index is -3.57. The minimum Gasteiger partial charge on any atom is -0.397 e. The Labute approximate surface area is 121 Å². The molecular formula is C12H13ClFN3O2S. The Balaban J connectivity index is 2.52. The topological polar surface area (TPSA) is 78.0 Å². The lowest BCUT2D eigenvalue weighted by molar-refractivity contribution is 0.571. The van der Waals surface area contributed by atoms with Gasteiger partial charge in [0.1, 0.15) is 5.82 Å². The highest BCUT2D eigenvalue weighted by molar-refractivity contribution is 7.90. The summed E-state index contributed by atoms with van der Waals surface area (Å²) in [5.41, 5.74) is 6.07. The van der Waals surface area contributed by atoms with Crippen molar-refractivity contribution in [2.75, 3.05) is 5.73 Å². The van der Waals surface area contributed by atoms with E-state index in [0.717, 1.165) is 10.2 Å². The van der Waals surface area contributed by atoms with Crippen LogP contribution in [0.1, 0.15) is 13.8 Å². The first kappa shape index (κ1) is 14.8. The summed E-state index contributed by atoms with van der Waals surface area (Å²) >= 11 is 5.85. The quantitative estimate of drug-likeness (QED) is 0.882. The second-order valence-corrected chi connectivity index (χ2v) is 7.30. The van der Waals surface area contributed by atoms with Crippen molar-refractivity contribution in [3.05, 3.63) is 35.4 Å². The summed E-state index contributed by atoms with van der Waals surface area (Å²) < 4.78 is 38.6. The highest BCUT2D eigenvalue weighted by Crippen LogP contribution is 2.30. The van der Waals surface area contributed by atoms with E-state index in [0.29, 0.717) is 5.56 Å². The van der Waals surface area contributed by atoms with Crippen LogP contribution < -0.4 is 5.73 Å². The molecule has 0 fully saturated rings. The van der Waals surface area contributed by atoms with Crippen LogP contribution in [-0.4, -0.2) is 22.9 Å². The number of rotatable bonds is 3. The van der Waals surface area contributed by atoms with Gasteiger partial charge >= 0.3 is 0 Å². The summed E-state index contributed by atoms with van der Waals surface area (Å²) in [5, 5.41) is 3.33. The zero-order chi connectivity index (χ0) is 15.1. The van der Waals surface area contributed by atoms with Gasteiger partial charge in [0, 0.05) is 11.1 Å². The third-order valence-electron chi connectivity index (χ3n) is 2.81. The van der Waals surface area contributed by atoms with Gasteiger partial charge in [-0.2, -0.15) is 9.19 Å². The molecule has 1 heterocycles. The lowest BCUT2D eigenvalue weighted by Crippen LogP contribution is -2.22. The summed E-state index contributed by atoms with van der Waals surface area (Å²) in [6, 6.07) is 2.43. The molecule has 8 heteroatoms. The van der Waals surface area contributed by atoms with Crippen molar-refractivity contribution in [2.24, 2.45) is 0 Å². The van der Waals surface area contributed by atoms with Crippen LogP contribution in [0.15, 0.2) is 24.5 Å². The van der Waals surface area contributed by atoms with Gasteiger partial charge in [0.15, 0.2) is 0 Å². The lowest BCUT2D eigenvalue weighted by atomic mass is 10.1. The maximum atomic E-state index is 13.9. The molecule has 2 rings (SSSR count). The fourth-order valence-electron chi connectivity index (χ4n) is 1.58. The lowest BCUT2D eigenvalue weighted by Gasteiger charge is -2.07. The van der Waals surface area contributed by atoms with E-state index in [2.05, 4.69) is 5.10 Å². The molecule has 0 amide bonds. The summed E-state index contributed by atoms with van der Waals surface area (Å²) in [4.78, 5) is 0. The number of benzene rings is 1. The molecule has 0 atom stereocenters. The molecule has 0 aliphatic heterocycles. The predicted octanol–water partition coefficient (Wildman–Crippen LogP) is 2.51. The average Bonchev–Trinajstić information content (AvgIpc) is 2.83. The first-order valence-corrected chi connectivity index (χ1v) is 7.65. The maximum Gasteiger partial charge on any atom is 0.256 e. The van der Waals surface area contributed by atoms with Gasteiger partial charge < -0.3 is 5.73 Å². The Kier molecular flexibility index (Phi) is 3.75. The van der Waals surface area contributed by atoms with Crippen molar-refractivity contribution in [3.63, 3.8) is 0 Å². The molecule has 2 N–H and O–H groups in total. The summed E-state index contributed by atoms with van der Waals surface area (Å²) in [7, 11) is -3.57. The van der Waals surface area contributed by atoms with Gasteiger partial charge in [-0.1, -0.05) is 11.6 Å². The van der Waals surface area contributed by atoms with Crippen molar-refractivity contribution < 1.29 is 12.8 Å². The smallest absolute Gasteiger partial charge is 0.256 e. The van der Waals surface area contributed by atoms with E-state index >= 15 is 0 Å². The second kappa shape index (κ2) is 5.06. The monoisotopic (exact) mass is 317 g/mol. The Morgan fingerprint density at radius 3 is 2.65 bits per heavy atom. The Morgan fingerprint density at radius 1 is 1.40 bits per heavy atom. The number of hydrogen-bond acceptors (Lipinski definition) is 4. The Morgan fingerprint density at radius 2 is 2.05 bits per heavy atom. The van der Waals surface area contributed by atoms with Gasteiger partial charge in [0.2, 0.25) is 0 Å². The summed E-state index contributed by atoms with van der Waals surface area (Å²) in [6.45, 7) is 3.08. The SMILES string of the molecule is CC(C)S(=O)(=O)n1cc(-c2cc(Cl)c(N)cc2F)cn1.